The summed E-state index contributed by atoms with van der Waals surface area (Å²) in [5, 5.41) is 10.4. The molecule has 1 aliphatic heterocycles. The van der Waals surface area contributed by atoms with Crippen molar-refractivity contribution in [3.8, 4) is 0 Å². The van der Waals surface area contributed by atoms with Crippen LogP contribution >= 0.6 is 0 Å². The Morgan fingerprint density at radius 2 is 2.21 bits per heavy atom. The lowest BCUT2D eigenvalue weighted by atomic mass is 10.4. The quantitative estimate of drug-likeness (QED) is 0.582. The van der Waals surface area contributed by atoms with Crippen molar-refractivity contribution < 1.29 is 9.53 Å². The molecule has 1 saturated heterocycles. The zero-order chi connectivity index (χ0) is 13.9. The molecule has 0 aromatic carbocycles. The summed E-state index contributed by atoms with van der Waals surface area (Å²) in [5.41, 5.74) is 0.388. The van der Waals surface area contributed by atoms with Gasteiger partial charge < -0.3 is 15.0 Å². The predicted octanol–water partition coefficient (Wildman–Crippen LogP) is -0.351. The molecule has 0 unspecified atom stereocenters. The highest BCUT2D eigenvalue weighted by molar-refractivity contribution is 5.70. The van der Waals surface area contributed by atoms with E-state index in [9.17, 15) is 4.79 Å². The van der Waals surface area contributed by atoms with Gasteiger partial charge in [-0.05, 0) is 27.1 Å². The van der Waals surface area contributed by atoms with Gasteiger partial charge in [0.25, 0.3) is 0 Å². The Morgan fingerprint density at radius 1 is 1.47 bits per heavy atom. The summed E-state index contributed by atoms with van der Waals surface area (Å²) < 4.78 is 6.77. The minimum absolute atomic E-state index is 0.388. The number of morpholine rings is 1. The molecule has 0 atom stereocenters. The molecule has 0 spiro atoms. The molecular weight excluding hydrogens is 246 g/mol. The molecule has 1 aliphatic rings. The van der Waals surface area contributed by atoms with Crippen molar-refractivity contribution >= 4 is 6.29 Å². The number of nitrogens with one attached hydrogen (secondary N) is 1. The standard InChI is InChI=1S/C7H12N4O.C5H11NO/c1-8-3-2-4-11-5-7(6-12)9-10-11;1-6-2-4-7-5-3-6/h5-6,8H,2-4H2,1H3;2-5H2,1H3. The fourth-order valence-corrected chi connectivity index (χ4v) is 1.55. The van der Waals surface area contributed by atoms with Gasteiger partial charge in [0.1, 0.15) is 5.69 Å². The maximum absolute atomic E-state index is 10.2. The predicted molar refractivity (Wildman–Crippen MR) is 72.3 cm³/mol. The first-order valence-corrected chi connectivity index (χ1v) is 6.52. The Hall–Kier alpha value is -1.31. The summed E-state index contributed by atoms with van der Waals surface area (Å²) >= 11 is 0. The maximum Gasteiger partial charge on any atom is 0.171 e. The fraction of sp³-hybridized carbons (Fsp3) is 0.750. The van der Waals surface area contributed by atoms with E-state index in [2.05, 4.69) is 27.6 Å². The molecule has 7 nitrogen and oxygen atoms in total. The van der Waals surface area contributed by atoms with Gasteiger partial charge in [-0.2, -0.15) is 0 Å². The number of nitrogens with zero attached hydrogens (tertiary/aromatic N) is 4. The fourth-order valence-electron chi connectivity index (χ4n) is 1.55. The van der Waals surface area contributed by atoms with Crippen molar-refractivity contribution in [2.45, 2.75) is 13.0 Å². The van der Waals surface area contributed by atoms with Gasteiger partial charge in [0.15, 0.2) is 6.29 Å². The Bertz CT molecular complexity index is 350. The molecule has 108 valence electrons. The lowest BCUT2D eigenvalue weighted by molar-refractivity contribution is 0.0503. The largest absolute Gasteiger partial charge is 0.379 e. The average Bonchev–Trinajstić information content (AvgIpc) is 2.89. The zero-order valence-electron chi connectivity index (χ0n) is 11.7. The number of carbonyl (C=O) groups excluding carboxylic acids is 1. The second kappa shape index (κ2) is 9.60. The lowest BCUT2D eigenvalue weighted by Crippen LogP contribution is -2.32. The molecule has 0 radical (unpaired) electrons. The monoisotopic (exact) mass is 269 g/mol. The van der Waals surface area contributed by atoms with Crippen molar-refractivity contribution in [3.05, 3.63) is 11.9 Å². The van der Waals surface area contributed by atoms with Crippen molar-refractivity contribution in [3.63, 3.8) is 0 Å². The van der Waals surface area contributed by atoms with Crippen LogP contribution in [-0.2, 0) is 11.3 Å². The number of likely N-dealkylation sites (N-methyl/N-ethyl adjacent to an activating group) is 1. The number of aromatic nitrogens is 3. The van der Waals surface area contributed by atoms with E-state index in [0.29, 0.717) is 12.0 Å². The summed E-state index contributed by atoms with van der Waals surface area (Å²) in [6.07, 6.45) is 3.32. The van der Waals surface area contributed by atoms with E-state index >= 15 is 0 Å². The number of rotatable bonds is 5. The Kier molecular flexibility index (Phi) is 7.95. The van der Waals surface area contributed by atoms with Crippen LogP contribution in [0.5, 0.6) is 0 Å². The van der Waals surface area contributed by atoms with E-state index in [1.165, 1.54) is 0 Å². The second-order valence-electron chi connectivity index (χ2n) is 4.40. The highest BCUT2D eigenvalue weighted by Gasteiger charge is 2.02. The highest BCUT2D eigenvalue weighted by atomic mass is 16.5. The van der Waals surface area contributed by atoms with Crippen molar-refractivity contribution in [2.75, 3.05) is 46.9 Å². The SMILES string of the molecule is CN1CCOCC1.CNCCCn1cc(C=O)nn1. The van der Waals surface area contributed by atoms with Crippen LogP contribution in [0.3, 0.4) is 0 Å². The van der Waals surface area contributed by atoms with Gasteiger partial charge in [0.2, 0.25) is 0 Å². The third kappa shape index (κ3) is 7.00. The van der Waals surface area contributed by atoms with Crippen LogP contribution in [0.1, 0.15) is 16.9 Å². The van der Waals surface area contributed by atoms with Gasteiger partial charge in [-0.3, -0.25) is 9.48 Å². The molecule has 0 bridgehead atoms. The van der Waals surface area contributed by atoms with Crippen LogP contribution < -0.4 is 5.32 Å². The molecule has 7 heteroatoms. The molecule has 1 aromatic rings. The summed E-state index contributed by atoms with van der Waals surface area (Å²) in [7, 11) is 4.01. The van der Waals surface area contributed by atoms with Crippen molar-refractivity contribution in [2.24, 2.45) is 0 Å². The van der Waals surface area contributed by atoms with Crippen LogP contribution in [-0.4, -0.2) is 73.1 Å². The first kappa shape index (κ1) is 15.7. The van der Waals surface area contributed by atoms with Crippen LogP contribution in [0.2, 0.25) is 0 Å². The average molecular weight is 269 g/mol. The van der Waals surface area contributed by atoms with Gasteiger partial charge >= 0.3 is 0 Å². The van der Waals surface area contributed by atoms with Gasteiger partial charge in [-0.1, -0.05) is 5.21 Å². The van der Waals surface area contributed by atoms with E-state index in [0.717, 1.165) is 45.8 Å². The summed E-state index contributed by atoms with van der Waals surface area (Å²) in [4.78, 5) is 12.5. The molecule has 0 aliphatic carbocycles. The van der Waals surface area contributed by atoms with Crippen LogP contribution in [0.4, 0.5) is 0 Å². The van der Waals surface area contributed by atoms with E-state index in [1.54, 1.807) is 10.9 Å². The molecule has 2 heterocycles. The number of aldehydes is 1. The van der Waals surface area contributed by atoms with Gasteiger partial charge in [0, 0.05) is 19.6 Å². The Balaban J connectivity index is 0.000000218. The van der Waals surface area contributed by atoms with E-state index in [4.69, 9.17) is 4.74 Å². The van der Waals surface area contributed by atoms with Crippen molar-refractivity contribution in [1.82, 2.24) is 25.2 Å². The van der Waals surface area contributed by atoms with E-state index in [1.807, 2.05) is 7.05 Å². The minimum Gasteiger partial charge on any atom is -0.379 e. The molecule has 19 heavy (non-hydrogen) atoms. The summed E-state index contributed by atoms with van der Waals surface area (Å²) in [6, 6.07) is 0. The van der Waals surface area contributed by atoms with Crippen LogP contribution in [0.15, 0.2) is 6.20 Å². The van der Waals surface area contributed by atoms with Crippen LogP contribution in [0.25, 0.3) is 0 Å². The molecule has 0 amide bonds. The normalized spacial score (nSPS) is 15.7. The molecular formula is C12H23N5O2. The first-order chi connectivity index (χ1) is 9.26. The molecule has 1 aromatic heterocycles. The van der Waals surface area contributed by atoms with Crippen LogP contribution in [0, 0.1) is 0 Å². The van der Waals surface area contributed by atoms with Gasteiger partial charge in [0.05, 0.1) is 19.4 Å². The van der Waals surface area contributed by atoms with Gasteiger partial charge in [-0.15, -0.1) is 5.10 Å². The third-order valence-electron chi connectivity index (χ3n) is 2.73. The van der Waals surface area contributed by atoms with Gasteiger partial charge in [-0.25, -0.2) is 0 Å². The first-order valence-electron chi connectivity index (χ1n) is 6.52. The smallest absolute Gasteiger partial charge is 0.171 e. The second-order valence-corrected chi connectivity index (χ2v) is 4.40. The van der Waals surface area contributed by atoms with E-state index in [-0.39, 0.29) is 0 Å². The number of carbonyl (C=O) groups is 1. The topological polar surface area (TPSA) is 72.3 Å². The minimum atomic E-state index is 0.388. The third-order valence-corrected chi connectivity index (χ3v) is 2.73. The molecule has 0 saturated carbocycles. The Morgan fingerprint density at radius 3 is 2.68 bits per heavy atom. The Labute approximate surface area is 113 Å². The number of hydrogen-bond acceptors (Lipinski definition) is 6. The zero-order valence-corrected chi connectivity index (χ0v) is 11.7. The van der Waals surface area contributed by atoms with E-state index < -0.39 is 0 Å². The molecule has 1 N–H and O–H groups in total. The van der Waals surface area contributed by atoms with Crippen molar-refractivity contribution in [1.29, 1.82) is 0 Å². The molecule has 2 rings (SSSR count). The number of ether oxygens (including phenoxy) is 1. The summed E-state index contributed by atoms with van der Waals surface area (Å²) in [6.45, 7) is 5.75. The number of aryl methyl sites for hydroxylation is 1. The lowest BCUT2D eigenvalue weighted by Gasteiger charge is -2.21. The maximum atomic E-state index is 10.2. The summed E-state index contributed by atoms with van der Waals surface area (Å²) in [5.74, 6) is 0. The number of hydrogen-bond donors (Lipinski definition) is 1. The molecule has 1 fully saturated rings. The highest BCUT2D eigenvalue weighted by Crippen LogP contribution is 1.90.